The highest BCUT2D eigenvalue weighted by atomic mass is 32.2. The van der Waals surface area contributed by atoms with E-state index in [0.29, 0.717) is 6.29 Å². The van der Waals surface area contributed by atoms with Gasteiger partial charge in [-0.1, -0.05) is 0 Å². The molecule has 0 amide bonds. The molecule has 0 aromatic heterocycles. The van der Waals surface area contributed by atoms with Crippen LogP contribution in [0, 0.1) is 0 Å². The van der Waals surface area contributed by atoms with Crippen LogP contribution in [0.15, 0.2) is 0 Å². The molecule has 0 aliphatic carbocycles. The fraction of sp³-hybridized carbons (Fsp3) is 0.750. The molecule has 0 heterocycles. The number of rotatable bonds is 4. The molecule has 54 valence electrons. The van der Waals surface area contributed by atoms with Gasteiger partial charge in [-0.2, -0.15) is 0 Å². The molecule has 5 heteroatoms. The zero-order chi connectivity index (χ0) is 7.28. The van der Waals surface area contributed by atoms with Gasteiger partial charge >= 0.3 is 0 Å². The van der Waals surface area contributed by atoms with E-state index in [1.807, 2.05) is 0 Å². The van der Waals surface area contributed by atoms with Crippen molar-refractivity contribution in [3.8, 4) is 0 Å². The second kappa shape index (κ2) is 4.60. The summed E-state index contributed by atoms with van der Waals surface area (Å²) in [5, 5.41) is 0. The maximum Gasteiger partial charge on any atom is 0.122 e. The molecule has 0 spiro atoms. The number of carbonyl (C=O) groups excluding carboxylic acids is 1. The van der Waals surface area contributed by atoms with Crippen molar-refractivity contribution < 1.29 is 17.7 Å². The lowest BCUT2D eigenvalue weighted by molar-refractivity contribution is -0.109. The first-order valence-corrected chi connectivity index (χ1v) is 3.37. The van der Waals surface area contributed by atoms with Gasteiger partial charge in [-0.25, -0.2) is 4.21 Å². The van der Waals surface area contributed by atoms with Gasteiger partial charge in [0.2, 0.25) is 0 Å². The number of hydrogen-bond acceptors (Lipinski definition) is 4. The third kappa shape index (κ3) is 5.61. The highest BCUT2D eigenvalue weighted by Gasteiger charge is 1.98. The summed E-state index contributed by atoms with van der Waals surface area (Å²) in [5.74, 6) is 0. The Morgan fingerprint density at radius 2 is 2.44 bits per heavy atom. The molecule has 0 N–H and O–H groups in total. The predicted octanol–water partition coefficient (Wildman–Crippen LogP) is -0.225. The monoisotopic (exact) mass is 151 g/mol. The fourth-order valence-electron chi connectivity index (χ4n) is 0.309. The van der Waals surface area contributed by atoms with E-state index in [2.05, 4.69) is 4.18 Å². The molecule has 4 nitrogen and oxygen atoms in total. The molecule has 0 saturated carbocycles. The molecule has 9 heavy (non-hydrogen) atoms. The standard InChI is InChI=1S/C4H8O4S/c1-4(2-3-5)8-9(6)7/h3-4H,2H2,1H3,(H,6,7)/p-1. The van der Waals surface area contributed by atoms with Crippen molar-refractivity contribution in [2.45, 2.75) is 19.4 Å². The predicted molar refractivity (Wildman–Crippen MR) is 30.1 cm³/mol. The molecule has 0 saturated heterocycles. The van der Waals surface area contributed by atoms with Gasteiger partial charge in [-0.15, -0.1) is 0 Å². The quantitative estimate of drug-likeness (QED) is 0.411. The average molecular weight is 151 g/mol. The van der Waals surface area contributed by atoms with Gasteiger partial charge in [0.15, 0.2) is 0 Å². The molecule has 0 aromatic rings. The van der Waals surface area contributed by atoms with Gasteiger partial charge in [-0.3, -0.25) is 4.18 Å². The van der Waals surface area contributed by atoms with E-state index < -0.39 is 17.5 Å². The number of aldehydes is 1. The number of carbonyl (C=O) groups is 1. The van der Waals surface area contributed by atoms with E-state index in [-0.39, 0.29) is 6.42 Å². The highest BCUT2D eigenvalue weighted by Crippen LogP contribution is 1.94. The first-order valence-electron chi connectivity index (χ1n) is 2.37. The highest BCUT2D eigenvalue weighted by molar-refractivity contribution is 7.74. The van der Waals surface area contributed by atoms with Crippen LogP contribution < -0.4 is 0 Å². The second-order valence-electron chi connectivity index (χ2n) is 1.51. The van der Waals surface area contributed by atoms with Gasteiger partial charge < -0.3 is 9.35 Å². The first-order chi connectivity index (χ1) is 4.16. The van der Waals surface area contributed by atoms with Crippen molar-refractivity contribution in [2.24, 2.45) is 0 Å². The van der Waals surface area contributed by atoms with Crippen LogP contribution in [0.25, 0.3) is 0 Å². The zero-order valence-corrected chi connectivity index (χ0v) is 5.72. The lowest BCUT2D eigenvalue weighted by atomic mass is 10.3. The summed E-state index contributed by atoms with van der Waals surface area (Å²) in [4.78, 5) is 9.72. The summed E-state index contributed by atoms with van der Waals surface area (Å²) < 4.78 is 23.7. The molecular formula is C4H7O4S-. The topological polar surface area (TPSA) is 66.4 Å². The molecule has 0 aromatic carbocycles. The maximum absolute atomic E-state index is 9.75. The second-order valence-corrected chi connectivity index (χ2v) is 2.11. The van der Waals surface area contributed by atoms with Crippen molar-refractivity contribution in [3.63, 3.8) is 0 Å². The van der Waals surface area contributed by atoms with Crippen molar-refractivity contribution >= 4 is 17.6 Å². The Kier molecular flexibility index (Phi) is 4.47. The normalized spacial score (nSPS) is 16.7. The minimum absolute atomic E-state index is 0.105. The van der Waals surface area contributed by atoms with Crippen LogP contribution in [-0.2, 0) is 20.3 Å². The van der Waals surface area contributed by atoms with Crippen molar-refractivity contribution in [2.75, 3.05) is 0 Å². The minimum atomic E-state index is -2.51. The third-order valence-electron chi connectivity index (χ3n) is 0.671. The van der Waals surface area contributed by atoms with Crippen LogP contribution in [0.5, 0.6) is 0 Å². The molecule has 0 fully saturated rings. The molecule has 0 aliphatic rings. The van der Waals surface area contributed by atoms with Gasteiger partial charge in [0.1, 0.15) is 6.29 Å². The van der Waals surface area contributed by atoms with E-state index in [1.54, 1.807) is 0 Å². The first kappa shape index (κ1) is 8.74. The average Bonchev–Trinajstić information content (AvgIpc) is 1.63. The van der Waals surface area contributed by atoms with Gasteiger partial charge in [0, 0.05) is 6.42 Å². The maximum atomic E-state index is 9.75. The Hall–Kier alpha value is -0.260. The summed E-state index contributed by atoms with van der Waals surface area (Å²) in [6, 6.07) is 0. The zero-order valence-electron chi connectivity index (χ0n) is 4.90. The summed E-state index contributed by atoms with van der Waals surface area (Å²) in [7, 11) is 0. The Bertz CT molecular complexity index is 113. The summed E-state index contributed by atoms with van der Waals surface area (Å²) in [6.45, 7) is 1.50. The molecule has 2 atom stereocenters. The van der Waals surface area contributed by atoms with Crippen molar-refractivity contribution in [1.82, 2.24) is 0 Å². The van der Waals surface area contributed by atoms with Crippen LogP contribution in [-0.4, -0.2) is 21.2 Å². The Balaban J connectivity index is 3.37. The fourth-order valence-corrected chi connectivity index (χ4v) is 0.656. The third-order valence-corrected chi connectivity index (χ3v) is 1.16. The van der Waals surface area contributed by atoms with Crippen LogP contribution >= 0.6 is 0 Å². The summed E-state index contributed by atoms with van der Waals surface area (Å²) >= 11 is -2.51. The summed E-state index contributed by atoms with van der Waals surface area (Å²) in [5.41, 5.74) is 0. The van der Waals surface area contributed by atoms with E-state index in [0.717, 1.165) is 0 Å². The van der Waals surface area contributed by atoms with E-state index in [9.17, 15) is 13.6 Å². The van der Waals surface area contributed by atoms with Crippen LogP contribution in [0.2, 0.25) is 0 Å². The SMILES string of the molecule is CC(CC=O)OS(=O)[O-]. The molecule has 2 unspecified atom stereocenters. The van der Waals surface area contributed by atoms with Crippen molar-refractivity contribution in [1.29, 1.82) is 0 Å². The number of hydrogen-bond donors (Lipinski definition) is 0. The largest absolute Gasteiger partial charge is 0.750 e. The Labute approximate surface area is 55.7 Å². The molecule has 0 rings (SSSR count). The smallest absolute Gasteiger partial charge is 0.122 e. The summed E-state index contributed by atoms with van der Waals surface area (Å²) in [6.07, 6.45) is 0.173. The van der Waals surface area contributed by atoms with Gasteiger partial charge in [0.25, 0.3) is 0 Å². The van der Waals surface area contributed by atoms with Crippen molar-refractivity contribution in [3.05, 3.63) is 0 Å². The van der Waals surface area contributed by atoms with Crippen LogP contribution in [0.4, 0.5) is 0 Å². The molecule has 0 aliphatic heterocycles. The van der Waals surface area contributed by atoms with E-state index in [1.165, 1.54) is 6.92 Å². The van der Waals surface area contributed by atoms with E-state index in [4.69, 9.17) is 0 Å². The molecule has 0 bridgehead atoms. The Morgan fingerprint density at radius 1 is 1.89 bits per heavy atom. The molecular weight excluding hydrogens is 144 g/mol. The van der Waals surface area contributed by atoms with Gasteiger partial charge in [0.05, 0.1) is 17.5 Å². The van der Waals surface area contributed by atoms with E-state index >= 15 is 0 Å². The molecule has 0 radical (unpaired) electrons. The van der Waals surface area contributed by atoms with Gasteiger partial charge in [-0.05, 0) is 6.92 Å². The lowest BCUT2D eigenvalue weighted by Gasteiger charge is -2.09. The van der Waals surface area contributed by atoms with Crippen LogP contribution in [0.1, 0.15) is 13.3 Å². The lowest BCUT2D eigenvalue weighted by Crippen LogP contribution is -2.09. The minimum Gasteiger partial charge on any atom is -0.750 e. The van der Waals surface area contributed by atoms with Crippen LogP contribution in [0.3, 0.4) is 0 Å². The Morgan fingerprint density at radius 3 is 2.78 bits per heavy atom.